The molecule has 21 heavy (non-hydrogen) atoms. The van der Waals surface area contributed by atoms with Crippen LogP contribution in [0.3, 0.4) is 0 Å². The van der Waals surface area contributed by atoms with Crippen molar-refractivity contribution >= 4 is 16.6 Å². The van der Waals surface area contributed by atoms with Gasteiger partial charge < -0.3 is 0 Å². The molecular formula is C15H8F2N4. The van der Waals surface area contributed by atoms with Crippen molar-refractivity contribution in [1.29, 1.82) is 0 Å². The zero-order valence-corrected chi connectivity index (χ0v) is 10.7. The normalized spacial score (nSPS) is 11.3. The molecule has 102 valence electrons. The highest BCUT2D eigenvalue weighted by Crippen LogP contribution is 2.23. The molecule has 0 aliphatic heterocycles. The Morgan fingerprint density at radius 1 is 1.00 bits per heavy atom. The summed E-state index contributed by atoms with van der Waals surface area (Å²) in [5, 5.41) is 5.02. The molecule has 0 atom stereocenters. The fraction of sp³-hybridized carbons (Fsp3) is 0. The van der Waals surface area contributed by atoms with E-state index in [9.17, 15) is 8.78 Å². The number of benzene rings is 2. The second kappa shape index (κ2) is 4.31. The van der Waals surface area contributed by atoms with Crippen LogP contribution in [0, 0.1) is 11.6 Å². The molecule has 4 rings (SSSR count). The zero-order chi connectivity index (χ0) is 14.4. The van der Waals surface area contributed by atoms with Gasteiger partial charge in [0, 0.05) is 11.5 Å². The summed E-state index contributed by atoms with van der Waals surface area (Å²) >= 11 is 0. The Hall–Kier alpha value is -2.89. The summed E-state index contributed by atoms with van der Waals surface area (Å²) in [6.45, 7) is 0. The van der Waals surface area contributed by atoms with Gasteiger partial charge in [-0.25, -0.2) is 23.3 Å². The van der Waals surface area contributed by atoms with Gasteiger partial charge in [-0.1, -0.05) is 12.1 Å². The molecule has 2 aromatic heterocycles. The van der Waals surface area contributed by atoms with E-state index in [1.165, 1.54) is 23.0 Å². The summed E-state index contributed by atoms with van der Waals surface area (Å²) in [5.41, 5.74) is 1.52. The fourth-order valence-electron chi connectivity index (χ4n) is 2.26. The van der Waals surface area contributed by atoms with Crippen LogP contribution in [0.1, 0.15) is 0 Å². The Labute approximate surface area is 117 Å². The highest BCUT2D eigenvalue weighted by atomic mass is 19.1. The third kappa shape index (κ3) is 1.84. The average Bonchev–Trinajstić information content (AvgIpc) is 2.91. The summed E-state index contributed by atoms with van der Waals surface area (Å²) in [6, 6.07) is 10.8. The Morgan fingerprint density at radius 2 is 1.86 bits per heavy atom. The molecule has 0 radical (unpaired) electrons. The van der Waals surface area contributed by atoms with Gasteiger partial charge in [0.25, 0.3) is 0 Å². The van der Waals surface area contributed by atoms with E-state index in [-0.39, 0.29) is 11.4 Å². The predicted molar refractivity (Wildman–Crippen MR) is 73.6 cm³/mol. The van der Waals surface area contributed by atoms with Crippen LogP contribution in [-0.4, -0.2) is 19.6 Å². The minimum atomic E-state index is -0.692. The predicted octanol–water partition coefficient (Wildman–Crippen LogP) is 3.22. The van der Waals surface area contributed by atoms with Gasteiger partial charge in [-0.3, -0.25) is 0 Å². The molecule has 2 aromatic carbocycles. The molecule has 0 aliphatic rings. The molecular weight excluding hydrogens is 274 g/mol. The van der Waals surface area contributed by atoms with E-state index in [4.69, 9.17) is 0 Å². The molecule has 0 aliphatic carbocycles. The summed E-state index contributed by atoms with van der Waals surface area (Å²) in [5.74, 6) is -1.12. The molecule has 4 aromatic rings. The Morgan fingerprint density at radius 3 is 2.71 bits per heavy atom. The van der Waals surface area contributed by atoms with E-state index >= 15 is 0 Å². The number of hydrogen-bond acceptors (Lipinski definition) is 3. The lowest BCUT2D eigenvalue weighted by molar-refractivity contribution is 0.585. The number of nitrogens with zero attached hydrogens (tertiary/aromatic N) is 4. The molecule has 0 amide bonds. The van der Waals surface area contributed by atoms with Gasteiger partial charge in [0.2, 0.25) is 0 Å². The molecule has 0 saturated carbocycles. The van der Waals surface area contributed by atoms with Crippen molar-refractivity contribution in [2.24, 2.45) is 0 Å². The monoisotopic (exact) mass is 282 g/mol. The van der Waals surface area contributed by atoms with E-state index in [0.29, 0.717) is 5.65 Å². The van der Waals surface area contributed by atoms with Crippen molar-refractivity contribution < 1.29 is 8.78 Å². The first-order valence-corrected chi connectivity index (χ1v) is 6.28. The average molecular weight is 282 g/mol. The molecule has 4 nitrogen and oxygen atoms in total. The summed E-state index contributed by atoms with van der Waals surface area (Å²) in [6.07, 6.45) is 1.52. The van der Waals surface area contributed by atoms with Gasteiger partial charge in [-0.15, -0.1) is 5.10 Å². The van der Waals surface area contributed by atoms with Crippen molar-refractivity contribution in [2.45, 2.75) is 0 Å². The number of aromatic nitrogens is 4. The molecule has 0 unspecified atom stereocenters. The first kappa shape index (κ1) is 11.9. The topological polar surface area (TPSA) is 43.1 Å². The maximum absolute atomic E-state index is 13.8. The molecule has 0 N–H and O–H groups in total. The second-order valence-electron chi connectivity index (χ2n) is 4.59. The van der Waals surface area contributed by atoms with Crippen LogP contribution in [0.2, 0.25) is 0 Å². The first-order valence-electron chi connectivity index (χ1n) is 6.28. The van der Waals surface area contributed by atoms with E-state index in [0.717, 1.165) is 17.0 Å². The maximum Gasteiger partial charge on any atom is 0.185 e. The number of hydrogen-bond donors (Lipinski definition) is 0. The van der Waals surface area contributed by atoms with E-state index < -0.39 is 11.6 Å². The lowest BCUT2D eigenvalue weighted by atomic mass is 10.2. The van der Waals surface area contributed by atoms with Gasteiger partial charge in [0.15, 0.2) is 11.5 Å². The molecule has 6 heteroatoms. The van der Waals surface area contributed by atoms with Gasteiger partial charge >= 0.3 is 0 Å². The smallest absolute Gasteiger partial charge is 0.185 e. The van der Waals surface area contributed by atoms with Crippen LogP contribution in [0.15, 0.2) is 48.8 Å². The molecule has 0 saturated heterocycles. The Bertz CT molecular complexity index is 978. The Balaban J connectivity index is 2.00. The third-order valence-electron chi connectivity index (χ3n) is 3.25. The van der Waals surface area contributed by atoms with E-state index in [1.807, 2.05) is 24.3 Å². The zero-order valence-electron chi connectivity index (χ0n) is 10.7. The standard InChI is InChI=1S/C15H8F2N4/c16-9-5-6-10(12(17)7-9)14-19-15-11-3-1-2-4-13(11)18-8-21(15)20-14/h1-8H. The number of rotatable bonds is 1. The van der Waals surface area contributed by atoms with E-state index in [1.54, 1.807) is 0 Å². The summed E-state index contributed by atoms with van der Waals surface area (Å²) in [4.78, 5) is 8.61. The van der Waals surface area contributed by atoms with Crippen molar-refractivity contribution in [3.05, 3.63) is 60.4 Å². The van der Waals surface area contributed by atoms with Gasteiger partial charge in [0.1, 0.15) is 18.0 Å². The summed E-state index contributed by atoms with van der Waals surface area (Å²) < 4.78 is 28.3. The first-order chi connectivity index (χ1) is 10.2. The highest BCUT2D eigenvalue weighted by molar-refractivity contribution is 5.91. The largest absolute Gasteiger partial charge is 0.236 e. The molecule has 0 spiro atoms. The summed E-state index contributed by atoms with van der Waals surface area (Å²) in [7, 11) is 0. The van der Waals surface area contributed by atoms with Crippen LogP contribution in [-0.2, 0) is 0 Å². The third-order valence-corrected chi connectivity index (χ3v) is 3.25. The van der Waals surface area contributed by atoms with Gasteiger partial charge in [-0.05, 0) is 24.3 Å². The molecule has 2 heterocycles. The van der Waals surface area contributed by atoms with E-state index in [2.05, 4.69) is 15.1 Å². The number of para-hydroxylation sites is 1. The van der Waals surface area contributed by atoms with Crippen LogP contribution < -0.4 is 0 Å². The van der Waals surface area contributed by atoms with Crippen molar-refractivity contribution in [1.82, 2.24) is 19.6 Å². The van der Waals surface area contributed by atoms with Gasteiger partial charge in [-0.2, -0.15) is 0 Å². The minimum Gasteiger partial charge on any atom is -0.236 e. The second-order valence-corrected chi connectivity index (χ2v) is 4.59. The fourth-order valence-corrected chi connectivity index (χ4v) is 2.26. The highest BCUT2D eigenvalue weighted by Gasteiger charge is 2.13. The van der Waals surface area contributed by atoms with Crippen LogP contribution in [0.4, 0.5) is 8.78 Å². The van der Waals surface area contributed by atoms with Gasteiger partial charge in [0.05, 0.1) is 11.1 Å². The maximum atomic E-state index is 13.8. The van der Waals surface area contributed by atoms with Crippen molar-refractivity contribution in [3.63, 3.8) is 0 Å². The Kier molecular flexibility index (Phi) is 2.44. The SMILES string of the molecule is Fc1ccc(-c2nc3c4ccccc4ncn3n2)c(F)c1. The lowest BCUT2D eigenvalue weighted by Crippen LogP contribution is -1.91. The van der Waals surface area contributed by atoms with Crippen LogP contribution in [0.5, 0.6) is 0 Å². The van der Waals surface area contributed by atoms with Crippen LogP contribution in [0.25, 0.3) is 27.9 Å². The number of fused-ring (bicyclic) bond motifs is 3. The molecule has 0 fully saturated rings. The van der Waals surface area contributed by atoms with Crippen LogP contribution >= 0.6 is 0 Å². The number of halogens is 2. The van der Waals surface area contributed by atoms with Crippen molar-refractivity contribution in [3.8, 4) is 11.4 Å². The minimum absolute atomic E-state index is 0.157. The van der Waals surface area contributed by atoms with Crippen molar-refractivity contribution in [2.75, 3.05) is 0 Å². The molecule has 0 bridgehead atoms. The lowest BCUT2D eigenvalue weighted by Gasteiger charge is -1.96. The quantitative estimate of drug-likeness (QED) is 0.538.